The molecule has 1 saturated heterocycles. The van der Waals surface area contributed by atoms with E-state index in [1.807, 2.05) is 80.6 Å². The number of rotatable bonds is 11. The highest BCUT2D eigenvalue weighted by Gasteiger charge is 2.28. The molecule has 2 atom stereocenters. The highest BCUT2D eigenvalue weighted by molar-refractivity contribution is 5.90. The molecular weight excluding hydrogens is 494 g/mol. The van der Waals surface area contributed by atoms with Crippen molar-refractivity contribution in [3.8, 4) is 5.75 Å². The second kappa shape index (κ2) is 13.5. The second-order valence-electron chi connectivity index (χ2n) is 9.56. The minimum absolute atomic E-state index is 0.269. The maximum Gasteiger partial charge on any atom is 0.340 e. The molecule has 3 aromatic carbocycles. The van der Waals surface area contributed by atoms with Crippen LogP contribution >= 0.6 is 0 Å². The maximum atomic E-state index is 13.2. The number of hydrogen-bond donors (Lipinski definition) is 3. The molecule has 1 heterocycles. The number of phenols is 1. The molecule has 3 N–H and O–H groups in total. The number of benzene rings is 3. The smallest absolute Gasteiger partial charge is 0.340 e. The van der Waals surface area contributed by atoms with E-state index in [1.54, 1.807) is 12.1 Å². The summed E-state index contributed by atoms with van der Waals surface area (Å²) in [4.78, 5) is 29.1. The van der Waals surface area contributed by atoms with Crippen molar-refractivity contribution in [2.45, 2.75) is 39.0 Å². The van der Waals surface area contributed by atoms with Crippen molar-refractivity contribution in [1.29, 1.82) is 0 Å². The number of piperazine rings is 1. The first-order valence-electron chi connectivity index (χ1n) is 13.3. The van der Waals surface area contributed by atoms with Crippen molar-refractivity contribution in [1.82, 2.24) is 10.4 Å². The Kier molecular flexibility index (Phi) is 9.64. The lowest BCUT2D eigenvalue weighted by atomic mass is 10.1. The molecule has 3 aromatic rings. The van der Waals surface area contributed by atoms with E-state index in [0.717, 1.165) is 43.1 Å². The molecule has 0 aliphatic carbocycles. The number of ether oxygens (including phenoxy) is 1. The molecule has 1 aliphatic heterocycles. The summed E-state index contributed by atoms with van der Waals surface area (Å²) in [5.41, 5.74) is 6.41. The van der Waals surface area contributed by atoms with E-state index in [2.05, 4.69) is 20.5 Å². The van der Waals surface area contributed by atoms with Gasteiger partial charge in [0.25, 0.3) is 0 Å². The average molecular weight is 532 g/mol. The lowest BCUT2D eigenvalue weighted by Crippen LogP contribution is -2.55. The van der Waals surface area contributed by atoms with Gasteiger partial charge in [-0.25, -0.2) is 9.80 Å². The van der Waals surface area contributed by atoms with Crippen LogP contribution in [-0.2, 0) is 16.1 Å². The predicted octanol–water partition coefficient (Wildman–Crippen LogP) is 4.60. The quantitative estimate of drug-likeness (QED) is 0.247. The number of hydrazine groups is 1. The van der Waals surface area contributed by atoms with Crippen molar-refractivity contribution < 1.29 is 19.4 Å². The fourth-order valence-corrected chi connectivity index (χ4v) is 4.82. The Balaban J connectivity index is 1.32. The van der Waals surface area contributed by atoms with Crippen LogP contribution in [0.5, 0.6) is 5.75 Å². The molecule has 9 heteroatoms. The number of anilines is 3. The Hall–Kier alpha value is -4.24. The molecule has 3 amide bonds. The molecular formula is C30H37N5O4. The lowest BCUT2D eigenvalue weighted by molar-refractivity contribution is -0.114. The molecule has 0 radical (unpaired) electrons. The normalized spacial score (nSPS) is 14.8. The summed E-state index contributed by atoms with van der Waals surface area (Å²) in [6.07, 6.45) is 0.794. The molecule has 1 fully saturated rings. The van der Waals surface area contributed by atoms with Gasteiger partial charge in [-0.3, -0.25) is 10.2 Å². The maximum absolute atomic E-state index is 13.2. The first-order valence-corrected chi connectivity index (χ1v) is 13.3. The molecule has 0 aromatic heterocycles. The van der Waals surface area contributed by atoms with Gasteiger partial charge in [0.15, 0.2) is 0 Å². The van der Waals surface area contributed by atoms with Gasteiger partial charge in [-0.1, -0.05) is 37.3 Å². The van der Waals surface area contributed by atoms with E-state index in [4.69, 9.17) is 4.74 Å². The van der Waals surface area contributed by atoms with E-state index in [-0.39, 0.29) is 17.9 Å². The minimum atomic E-state index is -0.431. The number of carbonyl (C=O) groups excluding carboxylic acids is 2. The number of nitrogens with one attached hydrogen (secondary N) is 2. The molecule has 0 saturated carbocycles. The van der Waals surface area contributed by atoms with Gasteiger partial charge in [0.2, 0.25) is 6.41 Å². The van der Waals surface area contributed by atoms with Gasteiger partial charge in [-0.15, -0.1) is 0 Å². The number of nitrogens with zero attached hydrogens (tertiary/aromatic N) is 3. The van der Waals surface area contributed by atoms with Crippen molar-refractivity contribution >= 4 is 29.5 Å². The van der Waals surface area contributed by atoms with Crippen LogP contribution in [-0.4, -0.2) is 60.9 Å². The summed E-state index contributed by atoms with van der Waals surface area (Å²) < 4.78 is 6.03. The zero-order valence-corrected chi connectivity index (χ0v) is 22.5. The van der Waals surface area contributed by atoms with Gasteiger partial charge in [-0.2, -0.15) is 0 Å². The number of aromatic hydroxyl groups is 1. The molecule has 4 rings (SSSR count). The first-order chi connectivity index (χ1) is 19.0. The van der Waals surface area contributed by atoms with Crippen LogP contribution in [0.4, 0.5) is 21.9 Å². The third-order valence-electron chi connectivity index (χ3n) is 7.04. The topological polar surface area (TPSA) is 97.4 Å². The van der Waals surface area contributed by atoms with Gasteiger partial charge in [-0.05, 0) is 67.4 Å². The van der Waals surface area contributed by atoms with E-state index in [1.165, 1.54) is 5.01 Å². The summed E-state index contributed by atoms with van der Waals surface area (Å²) in [6, 6.07) is 24.1. The third kappa shape index (κ3) is 7.42. The van der Waals surface area contributed by atoms with Gasteiger partial charge < -0.3 is 25.0 Å². The number of carbonyl (C=O) groups is 2. The molecule has 1 aliphatic rings. The van der Waals surface area contributed by atoms with Crippen molar-refractivity contribution in [2.24, 2.45) is 0 Å². The van der Waals surface area contributed by atoms with E-state index < -0.39 is 6.03 Å². The molecule has 0 spiro atoms. The van der Waals surface area contributed by atoms with Crippen LogP contribution in [0.3, 0.4) is 0 Å². The summed E-state index contributed by atoms with van der Waals surface area (Å²) in [6.45, 7) is 7.75. The Morgan fingerprint density at radius 3 is 2.05 bits per heavy atom. The van der Waals surface area contributed by atoms with Crippen molar-refractivity contribution in [3.63, 3.8) is 0 Å². The average Bonchev–Trinajstić information content (AvgIpc) is 2.97. The van der Waals surface area contributed by atoms with Crippen LogP contribution in [0, 0.1) is 0 Å². The molecule has 0 bridgehead atoms. The number of amides is 3. The molecule has 206 valence electrons. The van der Waals surface area contributed by atoms with Crippen LogP contribution in [0.15, 0.2) is 78.9 Å². The predicted molar refractivity (Wildman–Crippen MR) is 154 cm³/mol. The Morgan fingerprint density at radius 2 is 1.51 bits per heavy atom. The van der Waals surface area contributed by atoms with E-state index in [0.29, 0.717) is 25.1 Å². The highest BCUT2D eigenvalue weighted by Crippen LogP contribution is 2.24. The largest absolute Gasteiger partial charge is 0.508 e. The van der Waals surface area contributed by atoms with E-state index in [9.17, 15) is 14.7 Å². The Bertz CT molecular complexity index is 1180. The van der Waals surface area contributed by atoms with Crippen molar-refractivity contribution in [2.75, 3.05) is 41.3 Å². The van der Waals surface area contributed by atoms with Crippen molar-refractivity contribution in [3.05, 3.63) is 84.4 Å². The van der Waals surface area contributed by atoms with Crippen LogP contribution in [0.1, 0.15) is 25.8 Å². The third-order valence-corrected chi connectivity index (χ3v) is 7.04. The lowest BCUT2D eigenvalue weighted by Gasteiger charge is -2.37. The molecule has 9 nitrogen and oxygen atoms in total. The monoisotopic (exact) mass is 531 g/mol. The minimum Gasteiger partial charge on any atom is -0.508 e. The highest BCUT2D eigenvalue weighted by atomic mass is 16.5. The molecule has 39 heavy (non-hydrogen) atoms. The first kappa shape index (κ1) is 27.8. The number of phenolic OH excluding ortho intramolecular Hbond substituents is 1. The number of urea groups is 1. The zero-order valence-electron chi connectivity index (χ0n) is 22.5. The Labute approximate surface area is 229 Å². The summed E-state index contributed by atoms with van der Waals surface area (Å²) in [5, 5.41) is 13.7. The summed E-state index contributed by atoms with van der Waals surface area (Å²) in [7, 11) is 0. The van der Waals surface area contributed by atoms with Crippen LogP contribution < -0.4 is 20.5 Å². The van der Waals surface area contributed by atoms with Gasteiger partial charge >= 0.3 is 6.03 Å². The second-order valence-corrected chi connectivity index (χ2v) is 9.56. The summed E-state index contributed by atoms with van der Waals surface area (Å²) in [5.74, 6) is 0.269. The van der Waals surface area contributed by atoms with Gasteiger partial charge in [0.05, 0.1) is 18.8 Å². The Morgan fingerprint density at radius 1 is 0.949 bits per heavy atom. The number of hydrogen-bond acceptors (Lipinski definition) is 6. The molecule has 1 unspecified atom stereocenters. The van der Waals surface area contributed by atoms with Gasteiger partial charge in [0, 0.05) is 43.2 Å². The van der Waals surface area contributed by atoms with Crippen LogP contribution in [0.25, 0.3) is 0 Å². The fourth-order valence-electron chi connectivity index (χ4n) is 4.82. The van der Waals surface area contributed by atoms with E-state index >= 15 is 0 Å². The fraction of sp³-hybridized carbons (Fsp3) is 0.333. The van der Waals surface area contributed by atoms with Crippen LogP contribution in [0.2, 0.25) is 0 Å². The summed E-state index contributed by atoms with van der Waals surface area (Å²) >= 11 is 0. The SMILES string of the molecule is CCC([C@H](C)OCc1ccccc1)N(NC=O)C(=O)Nc1ccc(N2CCN(c3ccc(O)cc3)CC2)cc1. The standard InChI is InChI=1S/C30H37N5O4/c1-3-29(23(2)39-21-24-7-5-4-6-8-24)35(31-22-36)30(38)32-25-9-11-26(12-10-25)33-17-19-34(20-18-33)27-13-15-28(37)16-14-27/h4-16,22-23,29,37H,3,17-21H2,1-2H3,(H,31,36)(H,32,38)/t23-,29?/m0/s1. The van der Waals surface area contributed by atoms with Gasteiger partial charge in [0.1, 0.15) is 5.75 Å². The zero-order chi connectivity index (χ0) is 27.6.